The molecule has 2 aromatic rings. The van der Waals surface area contributed by atoms with E-state index in [1.165, 1.54) is 0 Å². The predicted octanol–water partition coefficient (Wildman–Crippen LogP) is 3.38. The van der Waals surface area contributed by atoms with Crippen LogP contribution in [0.2, 0.25) is 0 Å². The third kappa shape index (κ3) is 3.24. The average Bonchev–Trinajstić information content (AvgIpc) is 2.34. The van der Waals surface area contributed by atoms with Crippen molar-refractivity contribution in [2.75, 3.05) is 5.32 Å². The molecule has 1 heterocycles. The van der Waals surface area contributed by atoms with E-state index in [4.69, 9.17) is 18.0 Å². The molecule has 0 saturated carbocycles. The van der Waals surface area contributed by atoms with Crippen LogP contribution in [0.5, 0.6) is 0 Å². The number of benzene rings is 1. The molecular weight excluding hydrogens is 380 g/mol. The maximum atomic E-state index is 5.53. The van der Waals surface area contributed by atoms with Gasteiger partial charge in [-0.1, -0.05) is 28.1 Å². The number of aromatic nitrogens is 2. The summed E-state index contributed by atoms with van der Waals surface area (Å²) in [6.45, 7) is 0. The van der Waals surface area contributed by atoms with Crippen molar-refractivity contribution in [2.24, 2.45) is 5.73 Å². The van der Waals surface area contributed by atoms with Gasteiger partial charge in [-0.15, -0.1) is 0 Å². The fourth-order valence-electron chi connectivity index (χ4n) is 1.27. The normalized spacial score (nSPS) is 10.1. The molecule has 0 bridgehead atoms. The zero-order chi connectivity index (χ0) is 13.1. The number of hydrogen-bond acceptors (Lipinski definition) is 4. The molecule has 0 aliphatic heterocycles. The summed E-state index contributed by atoms with van der Waals surface area (Å²) in [6.07, 6.45) is 1.61. The first kappa shape index (κ1) is 13.4. The number of halogens is 2. The van der Waals surface area contributed by atoms with Gasteiger partial charge >= 0.3 is 0 Å². The fourth-order valence-corrected chi connectivity index (χ4v) is 2.09. The Hall–Kier alpha value is -1.05. The van der Waals surface area contributed by atoms with Gasteiger partial charge in [-0.05, 0) is 40.2 Å². The van der Waals surface area contributed by atoms with Crippen molar-refractivity contribution in [1.82, 2.24) is 9.97 Å². The van der Waals surface area contributed by atoms with E-state index in [1.807, 2.05) is 18.2 Å². The van der Waals surface area contributed by atoms with Crippen LogP contribution in [0.3, 0.4) is 0 Å². The Morgan fingerprint density at radius 1 is 1.28 bits per heavy atom. The minimum absolute atomic E-state index is 0.244. The van der Waals surface area contributed by atoms with Crippen LogP contribution in [0.25, 0.3) is 0 Å². The number of hydrogen-bond donors (Lipinski definition) is 2. The summed E-state index contributed by atoms with van der Waals surface area (Å²) in [5.41, 5.74) is 6.91. The molecule has 18 heavy (non-hydrogen) atoms. The number of nitrogens with two attached hydrogens (primary N) is 1. The van der Waals surface area contributed by atoms with E-state index < -0.39 is 0 Å². The minimum atomic E-state index is 0.244. The predicted molar refractivity (Wildman–Crippen MR) is 83.0 cm³/mol. The first-order chi connectivity index (χ1) is 8.56. The number of nitrogens with zero attached hydrogens (tertiary/aromatic N) is 2. The van der Waals surface area contributed by atoms with Crippen molar-refractivity contribution in [3.8, 4) is 0 Å². The Balaban J connectivity index is 2.31. The lowest BCUT2D eigenvalue weighted by Crippen LogP contribution is -2.12. The molecule has 4 nitrogen and oxygen atoms in total. The molecule has 1 aromatic carbocycles. The van der Waals surface area contributed by atoms with Crippen LogP contribution in [0.1, 0.15) is 5.69 Å². The van der Waals surface area contributed by atoms with Crippen LogP contribution in [0.4, 0.5) is 11.6 Å². The number of nitrogens with one attached hydrogen (secondary N) is 1. The molecule has 0 aliphatic carbocycles. The van der Waals surface area contributed by atoms with Gasteiger partial charge in [0, 0.05) is 15.1 Å². The van der Waals surface area contributed by atoms with Crippen molar-refractivity contribution >= 4 is 60.7 Å². The summed E-state index contributed by atoms with van der Waals surface area (Å²) in [5, 5.41) is 3.09. The van der Waals surface area contributed by atoms with Crippen LogP contribution < -0.4 is 11.1 Å². The maximum Gasteiger partial charge on any atom is 0.227 e. The summed E-state index contributed by atoms with van der Waals surface area (Å²) in [5.74, 6) is 0.444. The van der Waals surface area contributed by atoms with Gasteiger partial charge in [-0.2, -0.15) is 0 Å². The van der Waals surface area contributed by atoms with Gasteiger partial charge in [0.15, 0.2) is 0 Å². The topological polar surface area (TPSA) is 63.8 Å². The lowest BCUT2D eigenvalue weighted by Gasteiger charge is -2.08. The van der Waals surface area contributed by atoms with Crippen LogP contribution >= 0.6 is 44.1 Å². The SMILES string of the molecule is NC(=S)c1ccnc(Nc2cc(Br)ccc2Br)n1. The summed E-state index contributed by atoms with van der Waals surface area (Å²) < 4.78 is 1.87. The summed E-state index contributed by atoms with van der Waals surface area (Å²) in [7, 11) is 0. The highest BCUT2D eigenvalue weighted by atomic mass is 79.9. The van der Waals surface area contributed by atoms with Crippen molar-refractivity contribution < 1.29 is 0 Å². The Kier molecular flexibility index (Phi) is 4.26. The molecular formula is C11H8Br2N4S. The Labute approximate surface area is 126 Å². The zero-order valence-corrected chi connectivity index (χ0v) is 13.0. The van der Waals surface area contributed by atoms with Gasteiger partial charge in [0.25, 0.3) is 0 Å². The molecule has 0 spiro atoms. The molecule has 0 unspecified atom stereocenters. The quantitative estimate of drug-likeness (QED) is 0.790. The van der Waals surface area contributed by atoms with E-state index in [9.17, 15) is 0 Å². The lowest BCUT2D eigenvalue weighted by atomic mass is 10.3. The second-order valence-electron chi connectivity index (χ2n) is 3.38. The molecule has 2 rings (SSSR count). The van der Waals surface area contributed by atoms with Gasteiger partial charge in [0.05, 0.1) is 5.69 Å². The minimum Gasteiger partial charge on any atom is -0.388 e. The van der Waals surface area contributed by atoms with Crippen molar-refractivity contribution in [1.29, 1.82) is 0 Å². The second-order valence-corrected chi connectivity index (χ2v) is 5.59. The number of thiocarbonyl (C=S) groups is 1. The fraction of sp³-hybridized carbons (Fsp3) is 0. The summed E-state index contributed by atoms with van der Waals surface area (Å²) in [4.78, 5) is 8.57. The van der Waals surface area contributed by atoms with Crippen molar-refractivity contribution in [2.45, 2.75) is 0 Å². The van der Waals surface area contributed by atoms with Gasteiger partial charge in [0.1, 0.15) is 10.7 Å². The molecule has 0 amide bonds. The molecule has 0 aliphatic rings. The lowest BCUT2D eigenvalue weighted by molar-refractivity contribution is 1.15. The molecule has 3 N–H and O–H groups in total. The molecule has 0 radical (unpaired) electrons. The highest BCUT2D eigenvalue weighted by Crippen LogP contribution is 2.27. The average molecular weight is 388 g/mol. The van der Waals surface area contributed by atoms with E-state index in [0.29, 0.717) is 11.6 Å². The van der Waals surface area contributed by atoms with E-state index in [-0.39, 0.29) is 4.99 Å². The van der Waals surface area contributed by atoms with Crippen molar-refractivity contribution in [3.05, 3.63) is 45.1 Å². The van der Waals surface area contributed by atoms with Crippen LogP contribution in [-0.2, 0) is 0 Å². The molecule has 0 atom stereocenters. The van der Waals surface area contributed by atoms with E-state index in [0.717, 1.165) is 14.6 Å². The number of rotatable bonds is 3. The Bertz CT molecular complexity index is 603. The smallest absolute Gasteiger partial charge is 0.227 e. The zero-order valence-electron chi connectivity index (χ0n) is 9.02. The highest BCUT2D eigenvalue weighted by Gasteiger charge is 2.05. The Morgan fingerprint density at radius 2 is 2.06 bits per heavy atom. The van der Waals surface area contributed by atoms with Gasteiger partial charge in [0.2, 0.25) is 5.95 Å². The monoisotopic (exact) mass is 386 g/mol. The van der Waals surface area contributed by atoms with E-state index in [1.54, 1.807) is 12.3 Å². The third-order valence-corrected chi connectivity index (χ3v) is 3.48. The van der Waals surface area contributed by atoms with Gasteiger partial charge in [-0.3, -0.25) is 0 Å². The van der Waals surface area contributed by atoms with Crippen LogP contribution in [0, 0.1) is 0 Å². The van der Waals surface area contributed by atoms with Crippen LogP contribution in [-0.4, -0.2) is 15.0 Å². The molecule has 0 saturated heterocycles. The first-order valence-electron chi connectivity index (χ1n) is 4.91. The maximum absolute atomic E-state index is 5.53. The Morgan fingerprint density at radius 3 is 2.78 bits per heavy atom. The first-order valence-corrected chi connectivity index (χ1v) is 6.90. The van der Waals surface area contributed by atoms with Crippen molar-refractivity contribution in [3.63, 3.8) is 0 Å². The standard InChI is InChI=1S/C11H8Br2N4S/c12-6-1-2-7(13)9(5-6)17-11-15-4-3-8(16-11)10(14)18/h1-5H,(H2,14,18)(H,15,16,17). The van der Waals surface area contributed by atoms with Crippen LogP contribution in [0.15, 0.2) is 39.4 Å². The van der Waals surface area contributed by atoms with E-state index in [2.05, 4.69) is 47.1 Å². The summed E-state index contributed by atoms with van der Waals surface area (Å²) in [6, 6.07) is 7.44. The number of anilines is 2. The van der Waals surface area contributed by atoms with Gasteiger partial charge < -0.3 is 11.1 Å². The molecule has 7 heteroatoms. The third-order valence-electron chi connectivity index (χ3n) is 2.08. The molecule has 0 fully saturated rings. The highest BCUT2D eigenvalue weighted by molar-refractivity contribution is 9.11. The molecule has 92 valence electrons. The second kappa shape index (κ2) is 5.73. The van der Waals surface area contributed by atoms with Gasteiger partial charge in [-0.25, -0.2) is 9.97 Å². The van der Waals surface area contributed by atoms with E-state index >= 15 is 0 Å². The summed E-state index contributed by atoms with van der Waals surface area (Å²) >= 11 is 11.7. The molecule has 1 aromatic heterocycles. The largest absolute Gasteiger partial charge is 0.388 e.